The number of halogens is 2. The zero-order valence-electron chi connectivity index (χ0n) is 17.7. The van der Waals surface area contributed by atoms with Crippen LogP contribution >= 0.6 is 35.3 Å². The minimum absolute atomic E-state index is 0. The number of rotatable bonds is 7. The van der Waals surface area contributed by atoms with Gasteiger partial charge in [0.2, 0.25) is 0 Å². The van der Waals surface area contributed by atoms with Gasteiger partial charge in [-0.2, -0.15) is 0 Å². The lowest BCUT2D eigenvalue weighted by molar-refractivity contribution is 0.0980. The average Bonchev–Trinajstić information content (AvgIpc) is 3.21. The minimum Gasteiger partial charge on any atom is -0.422 e. The molecule has 4 rings (SSSR count). The normalized spacial score (nSPS) is 11.1. The van der Waals surface area contributed by atoms with Crippen LogP contribution in [-0.2, 0) is 0 Å². The molecule has 0 radical (unpaired) electrons. The average molecular weight is 492 g/mol. The fraction of sp³-hybridized carbons (Fsp3) is 0.261. The van der Waals surface area contributed by atoms with E-state index in [-0.39, 0.29) is 18.0 Å². The number of anilines is 1. The van der Waals surface area contributed by atoms with Crippen molar-refractivity contribution >= 4 is 67.6 Å². The molecule has 168 valence electrons. The number of nitrogens with zero attached hydrogens (tertiary/aromatic N) is 3. The van der Waals surface area contributed by atoms with Crippen molar-refractivity contribution in [3.8, 4) is 0 Å². The van der Waals surface area contributed by atoms with Crippen molar-refractivity contribution in [3.05, 3.63) is 69.5 Å². The quantitative estimate of drug-likeness (QED) is 0.320. The maximum absolute atomic E-state index is 13.5. The Morgan fingerprint density at radius 1 is 1.09 bits per heavy atom. The standard InChI is InChI=1S/C23H22ClN3O3S.ClH/c1-3-26(4-2)12-13-27(23-25-20-17(24)9-7-11-19(20)31-23)21(28)16-14-15-8-5-6-10-18(15)30-22(16)29;/h5-11,14H,3-4,12-13H2,1-2H3;1H. The highest BCUT2D eigenvalue weighted by Gasteiger charge is 2.25. The number of carbonyl (C=O) groups is 1. The van der Waals surface area contributed by atoms with Crippen LogP contribution in [0.4, 0.5) is 5.13 Å². The molecule has 0 unspecified atom stereocenters. The molecule has 0 N–H and O–H groups in total. The van der Waals surface area contributed by atoms with E-state index in [4.69, 9.17) is 16.0 Å². The van der Waals surface area contributed by atoms with Crippen LogP contribution in [0.25, 0.3) is 21.2 Å². The lowest BCUT2D eigenvalue weighted by Gasteiger charge is -2.24. The summed E-state index contributed by atoms with van der Waals surface area (Å²) in [7, 11) is 0. The molecule has 0 aliphatic heterocycles. The minimum atomic E-state index is -0.657. The molecule has 2 aromatic carbocycles. The van der Waals surface area contributed by atoms with Crippen LogP contribution in [0.1, 0.15) is 24.2 Å². The van der Waals surface area contributed by atoms with E-state index >= 15 is 0 Å². The Hall–Kier alpha value is -2.45. The van der Waals surface area contributed by atoms with Crippen molar-refractivity contribution in [2.24, 2.45) is 0 Å². The highest BCUT2D eigenvalue weighted by atomic mass is 35.5. The fourth-order valence-electron chi connectivity index (χ4n) is 3.44. The van der Waals surface area contributed by atoms with Gasteiger partial charge in [-0.3, -0.25) is 9.69 Å². The monoisotopic (exact) mass is 491 g/mol. The second-order valence-electron chi connectivity index (χ2n) is 7.05. The van der Waals surface area contributed by atoms with Gasteiger partial charge in [0.25, 0.3) is 5.91 Å². The first-order valence-electron chi connectivity index (χ1n) is 10.1. The lowest BCUT2D eigenvalue weighted by Crippen LogP contribution is -2.40. The maximum Gasteiger partial charge on any atom is 0.349 e. The zero-order valence-corrected chi connectivity index (χ0v) is 20.1. The van der Waals surface area contributed by atoms with Gasteiger partial charge in [0.05, 0.1) is 9.72 Å². The van der Waals surface area contributed by atoms with E-state index in [2.05, 4.69) is 23.7 Å². The number of fused-ring (bicyclic) bond motifs is 2. The summed E-state index contributed by atoms with van der Waals surface area (Å²) in [6, 6.07) is 14.3. The van der Waals surface area contributed by atoms with Gasteiger partial charge in [-0.15, -0.1) is 12.4 Å². The molecule has 0 spiro atoms. The van der Waals surface area contributed by atoms with E-state index in [0.717, 1.165) is 17.8 Å². The maximum atomic E-state index is 13.5. The summed E-state index contributed by atoms with van der Waals surface area (Å²) in [5.41, 5.74) is 0.431. The summed E-state index contributed by atoms with van der Waals surface area (Å²) in [6.45, 7) is 6.92. The molecule has 4 aromatic rings. The zero-order chi connectivity index (χ0) is 22.0. The molecule has 9 heteroatoms. The van der Waals surface area contributed by atoms with Crippen molar-refractivity contribution in [3.63, 3.8) is 0 Å². The first kappa shape index (κ1) is 24.2. The van der Waals surface area contributed by atoms with Gasteiger partial charge in [0.1, 0.15) is 16.7 Å². The SMILES string of the molecule is CCN(CC)CCN(C(=O)c1cc2ccccc2oc1=O)c1nc2c(Cl)cccc2s1.Cl. The Kier molecular flexibility index (Phi) is 7.90. The molecule has 0 saturated heterocycles. The summed E-state index contributed by atoms with van der Waals surface area (Å²) < 4.78 is 6.28. The van der Waals surface area contributed by atoms with Crippen molar-refractivity contribution in [2.75, 3.05) is 31.1 Å². The van der Waals surface area contributed by atoms with Gasteiger partial charge in [-0.05, 0) is 37.4 Å². The van der Waals surface area contributed by atoms with Gasteiger partial charge in [0.15, 0.2) is 5.13 Å². The molecule has 0 bridgehead atoms. The predicted molar refractivity (Wildman–Crippen MR) is 134 cm³/mol. The van der Waals surface area contributed by atoms with E-state index in [9.17, 15) is 9.59 Å². The van der Waals surface area contributed by atoms with E-state index in [0.29, 0.717) is 39.7 Å². The highest BCUT2D eigenvalue weighted by Crippen LogP contribution is 2.33. The van der Waals surface area contributed by atoms with Crippen molar-refractivity contribution in [1.29, 1.82) is 0 Å². The smallest absolute Gasteiger partial charge is 0.349 e. The Balaban J connectivity index is 0.00000289. The second kappa shape index (κ2) is 10.4. The van der Waals surface area contributed by atoms with Crippen LogP contribution in [0.2, 0.25) is 5.02 Å². The Morgan fingerprint density at radius 3 is 2.56 bits per heavy atom. The lowest BCUT2D eigenvalue weighted by atomic mass is 10.1. The van der Waals surface area contributed by atoms with E-state index in [1.165, 1.54) is 11.3 Å². The molecule has 0 atom stereocenters. The Morgan fingerprint density at radius 2 is 1.84 bits per heavy atom. The third kappa shape index (κ3) is 4.81. The summed E-state index contributed by atoms with van der Waals surface area (Å²) >= 11 is 7.68. The van der Waals surface area contributed by atoms with Crippen LogP contribution in [-0.4, -0.2) is 42.0 Å². The molecule has 0 aliphatic carbocycles. The number of benzene rings is 2. The van der Waals surface area contributed by atoms with Gasteiger partial charge in [-0.1, -0.05) is 61.1 Å². The van der Waals surface area contributed by atoms with Crippen LogP contribution < -0.4 is 10.5 Å². The number of hydrogen-bond acceptors (Lipinski definition) is 6. The number of likely N-dealkylation sites (N-methyl/N-ethyl adjacent to an activating group) is 1. The largest absolute Gasteiger partial charge is 0.422 e. The summed E-state index contributed by atoms with van der Waals surface area (Å²) in [4.78, 5) is 34.6. The van der Waals surface area contributed by atoms with Gasteiger partial charge in [-0.25, -0.2) is 9.78 Å². The summed E-state index contributed by atoms with van der Waals surface area (Å²) in [5.74, 6) is -0.429. The molecular formula is C23H23Cl2N3O3S. The number of hydrogen-bond donors (Lipinski definition) is 0. The van der Waals surface area contributed by atoms with Gasteiger partial charge < -0.3 is 9.32 Å². The topological polar surface area (TPSA) is 66.7 Å². The van der Waals surface area contributed by atoms with E-state index in [1.807, 2.05) is 24.3 Å². The third-order valence-corrected chi connectivity index (χ3v) is 6.59. The number of thiazole rings is 1. The molecule has 2 heterocycles. The number of aromatic nitrogens is 1. The molecule has 0 aliphatic rings. The molecule has 2 aromatic heterocycles. The number of para-hydroxylation sites is 2. The second-order valence-corrected chi connectivity index (χ2v) is 8.47. The van der Waals surface area contributed by atoms with Gasteiger partial charge >= 0.3 is 5.63 Å². The third-order valence-electron chi connectivity index (χ3n) is 5.24. The van der Waals surface area contributed by atoms with Crippen LogP contribution in [0.15, 0.2) is 57.7 Å². The molecule has 1 amide bonds. The number of amides is 1. The molecular weight excluding hydrogens is 469 g/mol. The summed E-state index contributed by atoms with van der Waals surface area (Å²) in [5, 5.41) is 1.73. The molecule has 32 heavy (non-hydrogen) atoms. The van der Waals surface area contributed by atoms with E-state index in [1.54, 1.807) is 29.2 Å². The van der Waals surface area contributed by atoms with Crippen molar-refractivity contribution in [1.82, 2.24) is 9.88 Å². The van der Waals surface area contributed by atoms with Crippen LogP contribution in [0, 0.1) is 0 Å². The Labute approximate surface area is 200 Å². The van der Waals surface area contributed by atoms with Crippen molar-refractivity contribution in [2.45, 2.75) is 13.8 Å². The first-order chi connectivity index (χ1) is 15.0. The van der Waals surface area contributed by atoms with Gasteiger partial charge in [0, 0.05) is 18.5 Å². The van der Waals surface area contributed by atoms with Crippen molar-refractivity contribution < 1.29 is 9.21 Å². The Bertz CT molecular complexity index is 1300. The van der Waals surface area contributed by atoms with E-state index < -0.39 is 11.5 Å². The fourth-order valence-corrected chi connectivity index (χ4v) is 4.73. The first-order valence-corrected chi connectivity index (χ1v) is 11.3. The molecule has 6 nitrogen and oxygen atoms in total. The summed E-state index contributed by atoms with van der Waals surface area (Å²) in [6.07, 6.45) is 0. The number of carbonyl (C=O) groups excluding carboxylic acids is 1. The highest BCUT2D eigenvalue weighted by molar-refractivity contribution is 7.22. The van der Waals surface area contributed by atoms with Crippen LogP contribution in [0.3, 0.4) is 0 Å². The molecule has 0 fully saturated rings. The van der Waals surface area contributed by atoms with Crippen LogP contribution in [0.5, 0.6) is 0 Å². The molecule has 0 saturated carbocycles. The predicted octanol–water partition coefficient (Wildman–Crippen LogP) is 5.47.